The number of nitrogens with zero attached hydrogens (tertiary/aromatic N) is 2. The minimum atomic E-state index is -0.497. The van der Waals surface area contributed by atoms with Crippen molar-refractivity contribution in [3.05, 3.63) is 30.3 Å². The second-order valence-electron chi connectivity index (χ2n) is 6.27. The number of carbonyl (C=O) groups is 2. The lowest BCUT2D eigenvalue weighted by atomic mass is 9.99. The Morgan fingerprint density at radius 2 is 2.09 bits per heavy atom. The van der Waals surface area contributed by atoms with Crippen molar-refractivity contribution in [2.45, 2.75) is 31.3 Å². The van der Waals surface area contributed by atoms with E-state index in [9.17, 15) is 14.0 Å². The van der Waals surface area contributed by atoms with Crippen LogP contribution in [0.5, 0.6) is 0 Å². The lowest BCUT2D eigenvalue weighted by Crippen LogP contribution is -2.40. The Labute approximate surface area is 125 Å². The Kier molecular flexibility index (Phi) is 2.15. The molecule has 2 bridgehead atoms. The summed E-state index contributed by atoms with van der Waals surface area (Å²) in [4.78, 5) is 28.3. The normalized spacial score (nSPS) is 30.0. The van der Waals surface area contributed by atoms with Crippen LogP contribution in [0.25, 0.3) is 11.0 Å². The molecule has 3 amide bonds. The number of furan rings is 1. The number of imide groups is 1. The molecule has 2 unspecified atom stereocenters. The number of amides is 3. The molecule has 3 fully saturated rings. The highest BCUT2D eigenvalue weighted by molar-refractivity contribution is 6.24. The number of halogens is 1. The predicted molar refractivity (Wildman–Crippen MR) is 75.8 cm³/mol. The lowest BCUT2D eigenvalue weighted by molar-refractivity contribution is -0.120. The molecule has 5 nitrogen and oxygen atoms in total. The summed E-state index contributed by atoms with van der Waals surface area (Å²) in [5.74, 6) is -0.436. The molecule has 3 heterocycles. The van der Waals surface area contributed by atoms with Crippen LogP contribution in [0.15, 0.2) is 28.9 Å². The molecule has 5 rings (SSSR count). The maximum Gasteiger partial charge on any atom is 0.332 e. The molecule has 0 radical (unpaired) electrons. The predicted octanol–water partition coefficient (Wildman–Crippen LogP) is 2.89. The van der Waals surface area contributed by atoms with Crippen molar-refractivity contribution in [3.8, 4) is 0 Å². The Morgan fingerprint density at radius 3 is 2.91 bits per heavy atom. The molecule has 3 aliphatic rings. The molecule has 2 aromatic rings. The van der Waals surface area contributed by atoms with Gasteiger partial charge < -0.3 is 9.32 Å². The molecular formula is C16H13FN2O3. The number of piperidine rings is 1. The fraction of sp³-hybridized carbons (Fsp3) is 0.375. The van der Waals surface area contributed by atoms with E-state index in [2.05, 4.69) is 0 Å². The van der Waals surface area contributed by atoms with Gasteiger partial charge in [-0.2, -0.15) is 0 Å². The lowest BCUT2D eigenvalue weighted by Gasteiger charge is -2.25. The van der Waals surface area contributed by atoms with Gasteiger partial charge in [0.1, 0.15) is 12.3 Å². The van der Waals surface area contributed by atoms with Crippen LogP contribution in [-0.2, 0) is 4.79 Å². The summed E-state index contributed by atoms with van der Waals surface area (Å²) in [6.07, 6.45) is 4.19. The number of para-hydroxylation sites is 1. The first-order chi connectivity index (χ1) is 10.7. The van der Waals surface area contributed by atoms with E-state index in [0.29, 0.717) is 11.1 Å². The monoisotopic (exact) mass is 300 g/mol. The molecule has 3 atom stereocenters. The van der Waals surface area contributed by atoms with Crippen molar-refractivity contribution in [1.82, 2.24) is 4.90 Å². The van der Waals surface area contributed by atoms with Crippen molar-refractivity contribution >= 4 is 28.6 Å². The number of benzene rings is 1. The van der Waals surface area contributed by atoms with Gasteiger partial charge in [-0.15, -0.1) is 0 Å². The van der Waals surface area contributed by atoms with Gasteiger partial charge in [-0.05, 0) is 37.3 Å². The van der Waals surface area contributed by atoms with Crippen molar-refractivity contribution in [2.75, 3.05) is 4.90 Å². The van der Waals surface area contributed by atoms with Crippen LogP contribution in [-0.4, -0.2) is 28.9 Å². The third-order valence-corrected chi connectivity index (χ3v) is 5.24. The van der Waals surface area contributed by atoms with E-state index in [1.54, 1.807) is 17.0 Å². The molecule has 6 heteroatoms. The van der Waals surface area contributed by atoms with E-state index < -0.39 is 5.82 Å². The van der Waals surface area contributed by atoms with Gasteiger partial charge >= 0.3 is 6.03 Å². The van der Waals surface area contributed by atoms with E-state index in [0.717, 1.165) is 19.3 Å². The first-order valence-electron chi connectivity index (χ1n) is 7.49. The standard InChI is InChI=1S/C16H13FN2O3/c17-11-3-1-2-10-12(7-22-14(10)11)19-15(20)13-8-4-5-9(6-8)18(13)16(19)21/h1-3,7-9,13H,4-6H2/t8?,9?,13-/m1/s1. The number of anilines is 1. The Bertz CT molecular complexity index is 802. The average molecular weight is 300 g/mol. The first kappa shape index (κ1) is 12.2. The van der Waals surface area contributed by atoms with E-state index in [1.165, 1.54) is 17.2 Å². The van der Waals surface area contributed by atoms with Crippen molar-refractivity contribution in [1.29, 1.82) is 0 Å². The summed E-state index contributed by atoms with van der Waals surface area (Å²) in [7, 11) is 0. The second kappa shape index (κ2) is 3.88. The maximum atomic E-state index is 13.8. The van der Waals surface area contributed by atoms with Crippen molar-refractivity contribution in [2.24, 2.45) is 5.92 Å². The fourth-order valence-electron chi connectivity index (χ4n) is 4.33. The van der Waals surface area contributed by atoms with Gasteiger partial charge in [0.2, 0.25) is 0 Å². The largest absolute Gasteiger partial charge is 0.459 e. The molecule has 22 heavy (non-hydrogen) atoms. The molecule has 0 spiro atoms. The Hall–Kier alpha value is -2.37. The highest BCUT2D eigenvalue weighted by Gasteiger charge is 2.59. The summed E-state index contributed by atoms with van der Waals surface area (Å²) >= 11 is 0. The van der Waals surface area contributed by atoms with E-state index in [-0.39, 0.29) is 35.5 Å². The summed E-state index contributed by atoms with van der Waals surface area (Å²) < 4.78 is 19.0. The molecule has 1 saturated carbocycles. The second-order valence-corrected chi connectivity index (χ2v) is 6.27. The minimum Gasteiger partial charge on any atom is -0.459 e. The number of hydrogen-bond acceptors (Lipinski definition) is 3. The SMILES string of the molecule is O=C1[C@H]2C3CCC(C3)N2C(=O)N1c1coc2c(F)cccc12. The maximum absolute atomic E-state index is 13.8. The third-order valence-electron chi connectivity index (χ3n) is 5.24. The number of hydrogen-bond donors (Lipinski definition) is 0. The number of rotatable bonds is 1. The number of carbonyl (C=O) groups excluding carboxylic acids is 2. The fourth-order valence-corrected chi connectivity index (χ4v) is 4.33. The molecule has 2 aliphatic heterocycles. The Morgan fingerprint density at radius 1 is 1.23 bits per heavy atom. The minimum absolute atomic E-state index is 0.0770. The summed E-state index contributed by atoms with van der Waals surface area (Å²) in [6, 6.07) is 4.04. The molecule has 1 aromatic carbocycles. The van der Waals surface area contributed by atoms with Crippen LogP contribution < -0.4 is 4.90 Å². The van der Waals surface area contributed by atoms with E-state index >= 15 is 0 Å². The van der Waals surface area contributed by atoms with Crippen LogP contribution >= 0.6 is 0 Å². The molecule has 1 aromatic heterocycles. The molecule has 1 aliphatic carbocycles. The molecule has 0 N–H and O–H groups in total. The zero-order valence-corrected chi connectivity index (χ0v) is 11.7. The molecule has 112 valence electrons. The van der Waals surface area contributed by atoms with Gasteiger partial charge in [-0.3, -0.25) is 4.79 Å². The quantitative estimate of drug-likeness (QED) is 0.761. The molecular weight excluding hydrogens is 287 g/mol. The highest BCUT2D eigenvalue weighted by atomic mass is 19.1. The van der Waals surface area contributed by atoms with Crippen molar-refractivity contribution < 1.29 is 18.4 Å². The van der Waals surface area contributed by atoms with Crippen LogP contribution in [0.4, 0.5) is 14.9 Å². The first-order valence-corrected chi connectivity index (χ1v) is 7.49. The van der Waals surface area contributed by atoms with Gasteiger partial charge in [0.15, 0.2) is 11.4 Å². The molecule has 2 saturated heterocycles. The highest BCUT2D eigenvalue weighted by Crippen LogP contribution is 2.48. The average Bonchev–Trinajstić information content (AvgIpc) is 3.23. The third kappa shape index (κ3) is 1.28. The number of fused-ring (bicyclic) bond motifs is 6. The Balaban J connectivity index is 1.65. The van der Waals surface area contributed by atoms with Gasteiger partial charge in [-0.25, -0.2) is 14.1 Å². The van der Waals surface area contributed by atoms with Gasteiger partial charge in [-0.1, -0.05) is 6.07 Å². The van der Waals surface area contributed by atoms with Crippen LogP contribution in [0, 0.1) is 11.7 Å². The van der Waals surface area contributed by atoms with Gasteiger partial charge in [0.25, 0.3) is 5.91 Å². The smallest absolute Gasteiger partial charge is 0.332 e. The zero-order valence-electron chi connectivity index (χ0n) is 11.7. The van der Waals surface area contributed by atoms with Crippen LogP contribution in [0.3, 0.4) is 0 Å². The van der Waals surface area contributed by atoms with Gasteiger partial charge in [0, 0.05) is 11.4 Å². The van der Waals surface area contributed by atoms with Crippen LogP contribution in [0.2, 0.25) is 0 Å². The van der Waals surface area contributed by atoms with E-state index in [1.807, 2.05) is 0 Å². The summed E-state index contributed by atoms with van der Waals surface area (Å²) in [5, 5.41) is 0.454. The summed E-state index contributed by atoms with van der Waals surface area (Å²) in [5.41, 5.74) is 0.423. The number of urea groups is 1. The van der Waals surface area contributed by atoms with Crippen LogP contribution in [0.1, 0.15) is 19.3 Å². The summed E-state index contributed by atoms with van der Waals surface area (Å²) in [6.45, 7) is 0. The zero-order chi connectivity index (χ0) is 15.0. The van der Waals surface area contributed by atoms with E-state index in [4.69, 9.17) is 4.42 Å². The topological polar surface area (TPSA) is 53.8 Å². The van der Waals surface area contributed by atoms with Gasteiger partial charge in [0.05, 0.1) is 5.69 Å². The van der Waals surface area contributed by atoms with Crippen molar-refractivity contribution in [3.63, 3.8) is 0 Å².